The van der Waals surface area contributed by atoms with Crippen molar-refractivity contribution in [2.45, 2.75) is 32.7 Å². The number of carbonyl (C=O) groups is 2. The number of thiophene rings is 1. The van der Waals surface area contributed by atoms with Gasteiger partial charge in [-0.25, -0.2) is 4.79 Å². The van der Waals surface area contributed by atoms with Crippen molar-refractivity contribution in [1.82, 2.24) is 14.7 Å². The van der Waals surface area contributed by atoms with Crippen LogP contribution in [0.15, 0.2) is 6.07 Å². The predicted molar refractivity (Wildman–Crippen MR) is 81.9 cm³/mol. The van der Waals surface area contributed by atoms with Gasteiger partial charge in [0, 0.05) is 19.5 Å². The van der Waals surface area contributed by atoms with E-state index in [0.29, 0.717) is 4.88 Å². The van der Waals surface area contributed by atoms with Gasteiger partial charge in [-0.1, -0.05) is 13.8 Å². The van der Waals surface area contributed by atoms with Gasteiger partial charge in [0.25, 0.3) is 5.91 Å². The summed E-state index contributed by atoms with van der Waals surface area (Å²) in [4.78, 5) is 26.1. The topological polar surface area (TPSA) is 75.4 Å². The molecule has 2 heterocycles. The molecular weight excluding hydrogens is 290 g/mol. The molecule has 0 aliphatic carbocycles. The van der Waals surface area contributed by atoms with Crippen LogP contribution in [0.1, 0.15) is 42.1 Å². The van der Waals surface area contributed by atoms with Gasteiger partial charge in [0.2, 0.25) is 0 Å². The molecule has 0 aromatic carbocycles. The molecule has 21 heavy (non-hydrogen) atoms. The fraction of sp³-hybridized carbons (Fsp3) is 0.500. The molecular formula is C14H19N3O3S. The molecule has 7 heteroatoms. The van der Waals surface area contributed by atoms with Crippen molar-refractivity contribution < 1.29 is 14.7 Å². The molecule has 2 rings (SSSR count). The smallest absolute Gasteiger partial charge is 0.326 e. The number of carboxylic acid groups (broad SMARTS) is 1. The second kappa shape index (κ2) is 5.48. The van der Waals surface area contributed by atoms with Crippen LogP contribution in [0.25, 0.3) is 10.2 Å². The SMILES string of the molecule is CC(C)c1nn(C)c2sc(C(=O)N(C)C(C)C(=O)O)cc12. The Morgan fingerprint density at radius 3 is 2.52 bits per heavy atom. The first kappa shape index (κ1) is 15.5. The lowest BCUT2D eigenvalue weighted by Gasteiger charge is -2.20. The normalized spacial score (nSPS) is 12.9. The Bertz CT molecular complexity index is 702. The minimum Gasteiger partial charge on any atom is -0.480 e. The lowest BCUT2D eigenvalue weighted by Crippen LogP contribution is -2.39. The lowest BCUT2D eigenvalue weighted by atomic mass is 10.1. The standard InChI is InChI=1S/C14H19N3O3S/c1-7(2)11-9-6-10(21-13(9)17(5)15-11)12(18)16(4)8(3)14(19)20/h6-8H,1-5H3,(H,19,20). The van der Waals surface area contributed by atoms with Gasteiger partial charge in [0.05, 0.1) is 10.6 Å². The number of aryl methyl sites for hydroxylation is 1. The van der Waals surface area contributed by atoms with E-state index in [4.69, 9.17) is 5.11 Å². The second-order valence-electron chi connectivity index (χ2n) is 5.42. The van der Waals surface area contributed by atoms with E-state index < -0.39 is 12.0 Å². The highest BCUT2D eigenvalue weighted by atomic mass is 32.1. The number of amides is 1. The fourth-order valence-corrected chi connectivity index (χ4v) is 3.18. The van der Waals surface area contributed by atoms with Gasteiger partial charge in [0.1, 0.15) is 10.9 Å². The Morgan fingerprint density at radius 1 is 1.38 bits per heavy atom. The number of fused-ring (bicyclic) bond motifs is 1. The van der Waals surface area contributed by atoms with Crippen LogP contribution in [0, 0.1) is 0 Å². The maximum Gasteiger partial charge on any atom is 0.326 e. The quantitative estimate of drug-likeness (QED) is 0.940. The highest BCUT2D eigenvalue weighted by Crippen LogP contribution is 2.32. The Kier molecular flexibility index (Phi) is 4.04. The number of nitrogens with zero attached hydrogens (tertiary/aromatic N) is 3. The molecule has 0 bridgehead atoms. The second-order valence-corrected chi connectivity index (χ2v) is 6.45. The highest BCUT2D eigenvalue weighted by molar-refractivity contribution is 7.20. The van der Waals surface area contributed by atoms with E-state index in [2.05, 4.69) is 18.9 Å². The highest BCUT2D eigenvalue weighted by Gasteiger charge is 2.25. The molecule has 1 unspecified atom stereocenters. The molecule has 2 aromatic heterocycles. The van der Waals surface area contributed by atoms with Crippen LogP contribution in [0.3, 0.4) is 0 Å². The Morgan fingerprint density at radius 2 is 2.00 bits per heavy atom. The molecule has 1 N–H and O–H groups in total. The number of rotatable bonds is 4. The Hall–Kier alpha value is -1.89. The van der Waals surface area contributed by atoms with E-state index in [0.717, 1.165) is 15.9 Å². The summed E-state index contributed by atoms with van der Waals surface area (Å²) in [6, 6.07) is 0.959. The van der Waals surface area contributed by atoms with Crippen LogP contribution in [0.4, 0.5) is 0 Å². The van der Waals surface area contributed by atoms with E-state index >= 15 is 0 Å². The summed E-state index contributed by atoms with van der Waals surface area (Å²) in [5.74, 6) is -1.03. The van der Waals surface area contributed by atoms with Gasteiger partial charge in [0.15, 0.2) is 0 Å². The summed E-state index contributed by atoms with van der Waals surface area (Å²) >= 11 is 1.34. The van der Waals surface area contributed by atoms with Crippen molar-refractivity contribution in [1.29, 1.82) is 0 Å². The van der Waals surface area contributed by atoms with E-state index in [1.165, 1.54) is 30.2 Å². The third kappa shape index (κ3) is 2.65. The van der Waals surface area contributed by atoms with Crippen molar-refractivity contribution in [3.8, 4) is 0 Å². The Balaban J connectivity index is 2.41. The predicted octanol–water partition coefficient (Wildman–Crippen LogP) is 2.30. The monoisotopic (exact) mass is 309 g/mol. The molecule has 0 radical (unpaired) electrons. The van der Waals surface area contributed by atoms with Crippen molar-refractivity contribution in [3.63, 3.8) is 0 Å². The first-order chi connectivity index (χ1) is 9.73. The summed E-state index contributed by atoms with van der Waals surface area (Å²) in [7, 11) is 3.36. The van der Waals surface area contributed by atoms with Crippen molar-refractivity contribution in [3.05, 3.63) is 16.6 Å². The average Bonchev–Trinajstić information content (AvgIpc) is 2.97. The molecule has 1 atom stereocenters. The van der Waals surface area contributed by atoms with Crippen LogP contribution >= 0.6 is 11.3 Å². The molecule has 6 nitrogen and oxygen atoms in total. The lowest BCUT2D eigenvalue weighted by molar-refractivity contribution is -0.141. The fourth-order valence-electron chi connectivity index (χ4n) is 2.11. The third-order valence-corrected chi connectivity index (χ3v) is 4.75. The first-order valence-electron chi connectivity index (χ1n) is 6.70. The largest absolute Gasteiger partial charge is 0.480 e. The molecule has 0 saturated carbocycles. The maximum absolute atomic E-state index is 12.4. The number of hydrogen-bond donors (Lipinski definition) is 1. The van der Waals surface area contributed by atoms with Crippen molar-refractivity contribution >= 4 is 33.4 Å². The molecule has 0 aliphatic rings. The molecule has 0 aliphatic heterocycles. The third-order valence-electron chi connectivity index (χ3n) is 3.56. The van der Waals surface area contributed by atoms with Gasteiger partial charge in [-0.15, -0.1) is 11.3 Å². The zero-order chi connectivity index (χ0) is 15.9. The molecule has 0 fully saturated rings. The summed E-state index contributed by atoms with van der Waals surface area (Å²) < 4.78 is 1.77. The number of carboxylic acids is 1. The Labute approximate surface area is 127 Å². The van der Waals surface area contributed by atoms with Crippen LogP contribution < -0.4 is 0 Å². The number of likely N-dealkylation sites (N-methyl/N-ethyl adjacent to an activating group) is 1. The average molecular weight is 309 g/mol. The van der Waals surface area contributed by atoms with Crippen LogP contribution in [-0.4, -0.2) is 44.8 Å². The van der Waals surface area contributed by atoms with Gasteiger partial charge >= 0.3 is 5.97 Å². The van der Waals surface area contributed by atoms with Crippen molar-refractivity contribution in [2.75, 3.05) is 7.05 Å². The molecule has 2 aromatic rings. The first-order valence-corrected chi connectivity index (χ1v) is 7.52. The van der Waals surface area contributed by atoms with Crippen LogP contribution in [-0.2, 0) is 11.8 Å². The molecule has 114 valence electrons. The number of carbonyl (C=O) groups excluding carboxylic acids is 1. The van der Waals surface area contributed by atoms with Gasteiger partial charge in [-0.2, -0.15) is 5.10 Å². The zero-order valence-electron chi connectivity index (χ0n) is 12.7. The van der Waals surface area contributed by atoms with Crippen LogP contribution in [0.2, 0.25) is 0 Å². The summed E-state index contributed by atoms with van der Waals surface area (Å²) in [5.41, 5.74) is 0.955. The van der Waals surface area contributed by atoms with E-state index in [-0.39, 0.29) is 11.8 Å². The van der Waals surface area contributed by atoms with Crippen LogP contribution in [0.5, 0.6) is 0 Å². The number of hydrogen-bond acceptors (Lipinski definition) is 4. The van der Waals surface area contributed by atoms with Gasteiger partial charge in [-0.3, -0.25) is 9.48 Å². The molecule has 0 spiro atoms. The number of aliphatic carboxylic acids is 1. The minimum atomic E-state index is -1.02. The van der Waals surface area contributed by atoms with Gasteiger partial charge < -0.3 is 10.0 Å². The minimum absolute atomic E-state index is 0.266. The summed E-state index contributed by atoms with van der Waals surface area (Å²) in [6.07, 6.45) is 0. The van der Waals surface area contributed by atoms with Gasteiger partial charge in [-0.05, 0) is 18.9 Å². The van der Waals surface area contributed by atoms with E-state index in [1.54, 1.807) is 4.68 Å². The van der Waals surface area contributed by atoms with Crippen molar-refractivity contribution in [2.24, 2.45) is 7.05 Å². The van der Waals surface area contributed by atoms with E-state index in [9.17, 15) is 9.59 Å². The molecule has 1 amide bonds. The van der Waals surface area contributed by atoms with E-state index in [1.807, 2.05) is 13.1 Å². The zero-order valence-corrected chi connectivity index (χ0v) is 13.6. The number of aromatic nitrogens is 2. The summed E-state index contributed by atoms with van der Waals surface area (Å²) in [6.45, 7) is 5.60. The molecule has 0 saturated heterocycles. The maximum atomic E-state index is 12.4. The summed E-state index contributed by atoms with van der Waals surface area (Å²) in [5, 5.41) is 14.4.